The highest BCUT2D eigenvalue weighted by Gasteiger charge is 2.39. The van der Waals surface area contributed by atoms with Crippen LogP contribution in [-0.2, 0) is 17.6 Å². The Labute approximate surface area is 167 Å². The van der Waals surface area contributed by atoms with Gasteiger partial charge < -0.3 is 14.8 Å². The molecule has 0 bridgehead atoms. The predicted molar refractivity (Wildman–Crippen MR) is 114 cm³/mol. The van der Waals surface area contributed by atoms with Crippen LogP contribution in [0.3, 0.4) is 0 Å². The number of rotatable bonds is 8. The second-order valence-electron chi connectivity index (χ2n) is 7.19. The predicted octanol–water partition coefficient (Wildman–Crippen LogP) is 5.36. The number of benzene rings is 2. The number of aldehydes is 1. The SMILES string of the molecule is CCC/C=C1\C(O)=CC=CN1C(C=O)(Cc1ccccc1)Cc1ccccc1. The molecule has 1 aliphatic heterocycles. The quantitative estimate of drug-likeness (QED) is 0.633. The zero-order chi connectivity index (χ0) is 19.8. The molecule has 3 nitrogen and oxygen atoms in total. The summed E-state index contributed by atoms with van der Waals surface area (Å²) in [6.07, 6.45) is 11.3. The molecule has 0 saturated carbocycles. The van der Waals surface area contributed by atoms with Crippen LogP contribution in [0, 0.1) is 0 Å². The molecule has 0 saturated heterocycles. The number of carbonyl (C=O) groups is 1. The topological polar surface area (TPSA) is 40.5 Å². The van der Waals surface area contributed by atoms with Gasteiger partial charge in [0, 0.05) is 19.0 Å². The van der Waals surface area contributed by atoms with Gasteiger partial charge in [0.25, 0.3) is 0 Å². The summed E-state index contributed by atoms with van der Waals surface area (Å²) in [4.78, 5) is 14.6. The molecule has 1 N–H and O–H groups in total. The van der Waals surface area contributed by atoms with Gasteiger partial charge in [-0.2, -0.15) is 0 Å². The Morgan fingerprint density at radius 2 is 1.54 bits per heavy atom. The largest absolute Gasteiger partial charge is 0.506 e. The second kappa shape index (κ2) is 9.23. The van der Waals surface area contributed by atoms with E-state index in [1.807, 2.05) is 77.8 Å². The van der Waals surface area contributed by atoms with Crippen molar-refractivity contribution >= 4 is 6.29 Å². The standard InChI is InChI=1S/C25H27NO2/c1-2-3-15-23-24(28)16-10-17-26(23)25(20-27,18-21-11-6-4-7-12-21)19-22-13-8-5-9-14-22/h4-17,20,28H,2-3,18-19H2,1H3/b23-15+. The number of aliphatic hydroxyl groups excluding tert-OH is 1. The Balaban J connectivity index is 2.07. The molecule has 144 valence electrons. The lowest BCUT2D eigenvalue weighted by Gasteiger charge is -2.42. The molecule has 2 aromatic rings. The summed E-state index contributed by atoms with van der Waals surface area (Å²) < 4.78 is 0. The minimum absolute atomic E-state index is 0.197. The minimum Gasteiger partial charge on any atom is -0.506 e. The molecule has 0 spiro atoms. The van der Waals surface area contributed by atoms with Gasteiger partial charge in [0.05, 0.1) is 5.70 Å². The maximum absolute atomic E-state index is 12.7. The summed E-state index contributed by atoms with van der Waals surface area (Å²) in [7, 11) is 0. The molecule has 0 atom stereocenters. The normalized spacial score (nSPS) is 15.5. The third-order valence-electron chi connectivity index (χ3n) is 5.04. The maximum atomic E-state index is 12.7. The van der Waals surface area contributed by atoms with Crippen LogP contribution in [0.1, 0.15) is 30.9 Å². The van der Waals surface area contributed by atoms with Gasteiger partial charge in [-0.15, -0.1) is 0 Å². The van der Waals surface area contributed by atoms with Gasteiger partial charge in [0.1, 0.15) is 17.6 Å². The van der Waals surface area contributed by atoms with E-state index in [1.165, 1.54) is 0 Å². The number of unbranched alkanes of at least 4 members (excludes halogenated alkanes) is 1. The summed E-state index contributed by atoms with van der Waals surface area (Å²) in [6, 6.07) is 20.1. The summed E-state index contributed by atoms with van der Waals surface area (Å²) >= 11 is 0. The number of nitrogens with zero attached hydrogens (tertiary/aromatic N) is 1. The van der Waals surface area contributed by atoms with Gasteiger partial charge in [-0.3, -0.25) is 0 Å². The van der Waals surface area contributed by atoms with Gasteiger partial charge in [0.2, 0.25) is 0 Å². The molecule has 3 rings (SSSR count). The third-order valence-corrected chi connectivity index (χ3v) is 5.04. The van der Waals surface area contributed by atoms with Crippen LogP contribution in [-0.4, -0.2) is 21.8 Å². The van der Waals surface area contributed by atoms with Crippen molar-refractivity contribution in [3.8, 4) is 0 Å². The number of carbonyl (C=O) groups excluding carboxylic acids is 1. The van der Waals surface area contributed by atoms with Crippen LogP contribution >= 0.6 is 0 Å². The lowest BCUT2D eigenvalue weighted by atomic mass is 9.83. The number of hydrogen-bond acceptors (Lipinski definition) is 3. The molecule has 0 aliphatic carbocycles. The van der Waals surface area contributed by atoms with Crippen molar-refractivity contribution in [1.82, 2.24) is 4.90 Å². The van der Waals surface area contributed by atoms with E-state index >= 15 is 0 Å². The monoisotopic (exact) mass is 373 g/mol. The maximum Gasteiger partial charge on any atom is 0.146 e. The fourth-order valence-corrected chi connectivity index (χ4v) is 3.65. The van der Waals surface area contributed by atoms with E-state index in [1.54, 1.807) is 12.2 Å². The molecule has 0 unspecified atom stereocenters. The van der Waals surface area contributed by atoms with E-state index in [9.17, 15) is 9.90 Å². The van der Waals surface area contributed by atoms with E-state index in [2.05, 4.69) is 6.92 Å². The highest BCUT2D eigenvalue weighted by Crippen LogP contribution is 2.33. The van der Waals surface area contributed by atoms with Crippen molar-refractivity contribution in [2.75, 3.05) is 0 Å². The minimum atomic E-state index is -0.832. The van der Waals surface area contributed by atoms with Gasteiger partial charge >= 0.3 is 0 Å². The average Bonchev–Trinajstić information content (AvgIpc) is 2.74. The van der Waals surface area contributed by atoms with Crippen molar-refractivity contribution in [2.45, 2.75) is 38.1 Å². The van der Waals surface area contributed by atoms with Gasteiger partial charge in [-0.25, -0.2) is 0 Å². The lowest BCUT2D eigenvalue weighted by Crippen LogP contribution is -2.51. The Hall–Kier alpha value is -3.07. The van der Waals surface area contributed by atoms with Crippen LogP contribution in [0.4, 0.5) is 0 Å². The third kappa shape index (κ3) is 4.42. The summed E-state index contributed by atoms with van der Waals surface area (Å²) in [6.45, 7) is 2.10. The average molecular weight is 373 g/mol. The molecule has 3 heteroatoms. The smallest absolute Gasteiger partial charge is 0.146 e. The molecule has 2 aromatic carbocycles. The Bertz CT molecular complexity index is 824. The van der Waals surface area contributed by atoms with Crippen molar-refractivity contribution in [3.63, 3.8) is 0 Å². The second-order valence-corrected chi connectivity index (χ2v) is 7.19. The zero-order valence-electron chi connectivity index (χ0n) is 16.3. The van der Waals surface area contributed by atoms with E-state index in [0.29, 0.717) is 18.5 Å². The zero-order valence-corrected chi connectivity index (χ0v) is 16.3. The molecule has 0 aromatic heterocycles. The van der Waals surface area contributed by atoms with Crippen molar-refractivity contribution in [2.24, 2.45) is 0 Å². The molecular formula is C25H27NO2. The molecular weight excluding hydrogens is 346 g/mol. The van der Waals surface area contributed by atoms with E-state index in [4.69, 9.17) is 0 Å². The Morgan fingerprint density at radius 1 is 0.964 bits per heavy atom. The fourth-order valence-electron chi connectivity index (χ4n) is 3.65. The molecule has 1 heterocycles. The first-order valence-corrected chi connectivity index (χ1v) is 9.80. The molecule has 28 heavy (non-hydrogen) atoms. The van der Waals surface area contributed by atoms with E-state index in [-0.39, 0.29) is 5.76 Å². The first-order valence-electron chi connectivity index (χ1n) is 9.80. The van der Waals surface area contributed by atoms with Gasteiger partial charge in [0.15, 0.2) is 0 Å². The fraction of sp³-hybridized carbons (Fsp3) is 0.240. The van der Waals surface area contributed by atoms with E-state index in [0.717, 1.165) is 30.3 Å². The molecule has 1 aliphatic rings. The molecule has 0 radical (unpaired) electrons. The van der Waals surface area contributed by atoms with Crippen LogP contribution in [0.15, 0.2) is 96.5 Å². The highest BCUT2D eigenvalue weighted by atomic mass is 16.3. The molecule has 0 fully saturated rings. The number of aliphatic hydroxyl groups is 1. The highest BCUT2D eigenvalue weighted by molar-refractivity contribution is 5.68. The number of allylic oxidation sites excluding steroid dienone is 3. The first kappa shape index (κ1) is 19.7. The van der Waals surface area contributed by atoms with Crippen LogP contribution < -0.4 is 0 Å². The Morgan fingerprint density at radius 3 is 2.04 bits per heavy atom. The van der Waals surface area contributed by atoms with Crippen LogP contribution in [0.25, 0.3) is 0 Å². The molecule has 0 amide bonds. The first-order chi connectivity index (χ1) is 13.7. The summed E-state index contributed by atoms with van der Waals surface area (Å²) in [5, 5.41) is 10.5. The lowest BCUT2D eigenvalue weighted by molar-refractivity contribution is -0.116. The van der Waals surface area contributed by atoms with Crippen molar-refractivity contribution < 1.29 is 9.90 Å². The van der Waals surface area contributed by atoms with Crippen LogP contribution in [0.5, 0.6) is 0 Å². The summed E-state index contributed by atoms with van der Waals surface area (Å²) in [5.74, 6) is 0.197. The van der Waals surface area contributed by atoms with Crippen LogP contribution in [0.2, 0.25) is 0 Å². The number of hydrogen-bond donors (Lipinski definition) is 1. The Kier molecular flexibility index (Phi) is 6.49. The van der Waals surface area contributed by atoms with Gasteiger partial charge in [-0.1, -0.05) is 80.1 Å². The van der Waals surface area contributed by atoms with Crippen molar-refractivity contribution in [3.05, 3.63) is 108 Å². The van der Waals surface area contributed by atoms with Crippen molar-refractivity contribution in [1.29, 1.82) is 0 Å². The van der Waals surface area contributed by atoms with Gasteiger partial charge in [-0.05, 0) is 29.7 Å². The van der Waals surface area contributed by atoms with E-state index < -0.39 is 5.54 Å². The summed E-state index contributed by atoms with van der Waals surface area (Å²) in [5.41, 5.74) is 2.04.